The number of hydrogen-bond acceptors (Lipinski definition) is 6. The van der Waals surface area contributed by atoms with E-state index in [0.717, 1.165) is 5.56 Å². The van der Waals surface area contributed by atoms with Gasteiger partial charge in [0.1, 0.15) is 10.6 Å². The first-order valence-corrected chi connectivity index (χ1v) is 9.91. The molecule has 0 radical (unpaired) electrons. The van der Waals surface area contributed by atoms with Crippen molar-refractivity contribution in [3.63, 3.8) is 0 Å². The molecule has 0 amide bonds. The molecular weight excluding hydrogens is 378 g/mol. The number of rotatable bonds is 5. The van der Waals surface area contributed by atoms with Crippen LogP contribution in [0.2, 0.25) is 0 Å². The smallest absolute Gasteiger partial charge is 0.265 e. The van der Waals surface area contributed by atoms with Crippen LogP contribution in [0.1, 0.15) is 5.82 Å². The van der Waals surface area contributed by atoms with Crippen LogP contribution in [-0.4, -0.2) is 35.3 Å². The number of benzene rings is 2. The molecule has 4 rings (SSSR count). The van der Waals surface area contributed by atoms with E-state index < -0.39 is 10.0 Å². The highest BCUT2D eigenvalue weighted by Gasteiger charge is 2.19. The Morgan fingerprint density at radius 2 is 1.82 bits per heavy atom. The predicted molar refractivity (Wildman–Crippen MR) is 105 cm³/mol. The zero-order valence-corrected chi connectivity index (χ0v) is 16.0. The van der Waals surface area contributed by atoms with E-state index in [2.05, 4.69) is 20.0 Å². The van der Waals surface area contributed by atoms with E-state index in [1.807, 2.05) is 25.1 Å². The van der Waals surface area contributed by atoms with E-state index in [0.29, 0.717) is 22.9 Å². The zero-order chi connectivity index (χ0) is 19.7. The Morgan fingerprint density at radius 1 is 1.00 bits per heavy atom. The molecule has 142 valence electrons. The van der Waals surface area contributed by atoms with E-state index >= 15 is 0 Å². The van der Waals surface area contributed by atoms with Crippen molar-refractivity contribution in [2.45, 2.75) is 11.8 Å². The normalized spacial score (nSPS) is 11.5. The minimum absolute atomic E-state index is 0.0718. The molecule has 9 heteroatoms. The third-order valence-electron chi connectivity index (χ3n) is 4.19. The highest BCUT2D eigenvalue weighted by molar-refractivity contribution is 7.92. The Balaban J connectivity index is 1.69. The van der Waals surface area contributed by atoms with Gasteiger partial charge in [0.2, 0.25) is 0 Å². The molecule has 0 spiro atoms. The first-order valence-electron chi connectivity index (χ1n) is 8.43. The molecule has 28 heavy (non-hydrogen) atoms. The summed E-state index contributed by atoms with van der Waals surface area (Å²) in [5.74, 6) is 0.950. The molecule has 0 atom stereocenters. The van der Waals surface area contributed by atoms with Crippen molar-refractivity contribution in [1.29, 1.82) is 0 Å². The van der Waals surface area contributed by atoms with Gasteiger partial charge in [0, 0.05) is 11.3 Å². The van der Waals surface area contributed by atoms with E-state index in [9.17, 15) is 8.42 Å². The number of sulfonamides is 1. The van der Waals surface area contributed by atoms with Crippen LogP contribution in [0.5, 0.6) is 5.75 Å². The van der Waals surface area contributed by atoms with E-state index in [-0.39, 0.29) is 10.6 Å². The number of nitrogens with one attached hydrogen (secondary N) is 1. The van der Waals surface area contributed by atoms with Crippen molar-refractivity contribution in [3.8, 4) is 17.0 Å². The molecule has 0 saturated heterocycles. The molecule has 2 aromatic carbocycles. The van der Waals surface area contributed by atoms with Gasteiger partial charge < -0.3 is 4.74 Å². The summed E-state index contributed by atoms with van der Waals surface area (Å²) in [6.45, 7) is 1.81. The number of hydrogen-bond donors (Lipinski definition) is 1. The van der Waals surface area contributed by atoms with Gasteiger partial charge >= 0.3 is 0 Å². The first kappa shape index (κ1) is 17.9. The SMILES string of the molecule is COc1ccccc1S(=O)(=O)Nc1cccc(-c2ccc3nnc(C)n3n2)c1. The van der Waals surface area contributed by atoms with Gasteiger partial charge in [0.25, 0.3) is 10.0 Å². The molecular formula is C19H17N5O3S. The molecule has 1 N–H and O–H groups in total. The number of fused-ring (bicyclic) bond motifs is 1. The monoisotopic (exact) mass is 395 g/mol. The maximum atomic E-state index is 12.8. The summed E-state index contributed by atoms with van der Waals surface area (Å²) in [7, 11) is -2.37. The Labute approximate surface area is 161 Å². The molecule has 0 aliphatic heterocycles. The van der Waals surface area contributed by atoms with Gasteiger partial charge in [-0.1, -0.05) is 24.3 Å². The van der Waals surface area contributed by atoms with Crippen molar-refractivity contribution < 1.29 is 13.2 Å². The molecule has 8 nitrogen and oxygen atoms in total. The van der Waals surface area contributed by atoms with Crippen LogP contribution >= 0.6 is 0 Å². The molecule has 2 heterocycles. The number of para-hydroxylation sites is 1. The third-order valence-corrected chi connectivity index (χ3v) is 5.61. The average molecular weight is 395 g/mol. The van der Waals surface area contributed by atoms with Crippen molar-refractivity contribution in [1.82, 2.24) is 19.8 Å². The molecule has 0 bridgehead atoms. The van der Waals surface area contributed by atoms with Gasteiger partial charge in [0.05, 0.1) is 12.8 Å². The van der Waals surface area contributed by atoms with Crippen molar-refractivity contribution in [2.75, 3.05) is 11.8 Å². The summed E-state index contributed by atoms with van der Waals surface area (Å²) >= 11 is 0. The van der Waals surface area contributed by atoms with Crippen LogP contribution in [0, 0.1) is 6.92 Å². The van der Waals surface area contributed by atoms with Crippen LogP contribution in [0.25, 0.3) is 16.9 Å². The number of methoxy groups -OCH3 is 1. The van der Waals surface area contributed by atoms with E-state index in [1.54, 1.807) is 40.9 Å². The second-order valence-electron chi connectivity index (χ2n) is 6.07. The molecule has 0 aliphatic carbocycles. The van der Waals surface area contributed by atoms with Gasteiger partial charge in [-0.25, -0.2) is 8.42 Å². The van der Waals surface area contributed by atoms with Crippen LogP contribution < -0.4 is 9.46 Å². The van der Waals surface area contributed by atoms with Crippen LogP contribution in [-0.2, 0) is 10.0 Å². The number of anilines is 1. The quantitative estimate of drug-likeness (QED) is 0.558. The standard InChI is InChI=1S/C19H17N5O3S/c1-13-20-21-19-11-10-16(22-24(13)19)14-6-5-7-15(12-14)23-28(25,26)18-9-4-3-8-17(18)27-2/h3-12,23H,1-2H3. The maximum absolute atomic E-state index is 12.8. The van der Waals surface area contributed by atoms with Crippen molar-refractivity contribution in [3.05, 3.63) is 66.5 Å². The maximum Gasteiger partial charge on any atom is 0.265 e. The summed E-state index contributed by atoms with van der Waals surface area (Å²) in [4.78, 5) is 0.0718. The number of nitrogens with zero attached hydrogens (tertiary/aromatic N) is 4. The lowest BCUT2D eigenvalue weighted by Gasteiger charge is -2.12. The number of aryl methyl sites for hydroxylation is 1. The van der Waals surface area contributed by atoms with E-state index in [1.165, 1.54) is 13.2 Å². The largest absolute Gasteiger partial charge is 0.495 e. The Bertz CT molecular complexity index is 1270. The fraction of sp³-hybridized carbons (Fsp3) is 0.105. The molecule has 0 unspecified atom stereocenters. The zero-order valence-electron chi connectivity index (χ0n) is 15.2. The highest BCUT2D eigenvalue weighted by Crippen LogP contribution is 2.27. The Morgan fingerprint density at radius 3 is 2.64 bits per heavy atom. The van der Waals surface area contributed by atoms with Gasteiger partial charge in [-0.05, 0) is 43.3 Å². The van der Waals surface area contributed by atoms with Crippen molar-refractivity contribution in [2.24, 2.45) is 0 Å². The Kier molecular flexibility index (Phi) is 4.44. The lowest BCUT2D eigenvalue weighted by atomic mass is 10.1. The van der Waals surface area contributed by atoms with Gasteiger partial charge in [-0.15, -0.1) is 10.2 Å². The lowest BCUT2D eigenvalue weighted by molar-refractivity contribution is 0.403. The third kappa shape index (κ3) is 3.27. The van der Waals surface area contributed by atoms with Crippen LogP contribution in [0.15, 0.2) is 65.6 Å². The van der Waals surface area contributed by atoms with Gasteiger partial charge in [0.15, 0.2) is 11.5 Å². The van der Waals surface area contributed by atoms with Gasteiger partial charge in [-0.2, -0.15) is 9.61 Å². The topological polar surface area (TPSA) is 98.5 Å². The fourth-order valence-electron chi connectivity index (χ4n) is 2.84. The number of aromatic nitrogens is 4. The van der Waals surface area contributed by atoms with E-state index in [4.69, 9.17) is 4.74 Å². The summed E-state index contributed by atoms with van der Waals surface area (Å²) in [6.07, 6.45) is 0. The highest BCUT2D eigenvalue weighted by atomic mass is 32.2. The molecule has 0 fully saturated rings. The minimum atomic E-state index is -3.81. The molecule has 0 aliphatic rings. The Hall–Kier alpha value is -3.46. The summed E-state index contributed by atoms with van der Waals surface area (Å²) in [5, 5.41) is 12.5. The average Bonchev–Trinajstić information content (AvgIpc) is 3.08. The summed E-state index contributed by atoms with van der Waals surface area (Å²) in [5.41, 5.74) is 2.50. The second kappa shape index (κ2) is 6.93. The summed E-state index contributed by atoms with van der Waals surface area (Å²) < 4.78 is 35.0. The van der Waals surface area contributed by atoms with Crippen LogP contribution in [0.3, 0.4) is 0 Å². The minimum Gasteiger partial charge on any atom is -0.495 e. The van der Waals surface area contributed by atoms with Crippen molar-refractivity contribution >= 4 is 21.4 Å². The molecule has 4 aromatic rings. The summed E-state index contributed by atoms with van der Waals surface area (Å²) in [6, 6.07) is 17.1. The second-order valence-corrected chi connectivity index (χ2v) is 7.72. The lowest BCUT2D eigenvalue weighted by Crippen LogP contribution is -2.14. The fourth-order valence-corrected chi connectivity index (χ4v) is 4.06. The predicted octanol–water partition coefficient (Wildman–Crippen LogP) is 2.91. The van der Waals surface area contributed by atoms with Crippen LogP contribution in [0.4, 0.5) is 5.69 Å². The molecule has 2 aromatic heterocycles. The van der Waals surface area contributed by atoms with Gasteiger partial charge in [-0.3, -0.25) is 4.72 Å². The first-order chi connectivity index (χ1) is 13.5. The number of ether oxygens (including phenoxy) is 1. The molecule has 0 saturated carbocycles.